The molecular weight excluding hydrogens is 344 g/mol. The van der Waals surface area contributed by atoms with Crippen LogP contribution in [-0.4, -0.2) is 83.8 Å². The summed E-state index contributed by atoms with van der Waals surface area (Å²) >= 11 is 0. The Kier molecular flexibility index (Phi) is 7.65. The number of carbonyl (C=O) groups is 3. The maximum absolute atomic E-state index is 13.2. The van der Waals surface area contributed by atoms with Gasteiger partial charge in [-0.2, -0.15) is 0 Å². The van der Waals surface area contributed by atoms with Gasteiger partial charge in [0, 0.05) is 45.6 Å². The van der Waals surface area contributed by atoms with Gasteiger partial charge < -0.3 is 20.0 Å². The van der Waals surface area contributed by atoms with Crippen molar-refractivity contribution < 1.29 is 14.4 Å². The van der Waals surface area contributed by atoms with E-state index in [0.717, 1.165) is 26.1 Å². The molecule has 2 rings (SSSR count). The zero-order valence-electron chi connectivity index (χ0n) is 17.5. The van der Waals surface area contributed by atoms with Crippen molar-refractivity contribution in [2.45, 2.75) is 59.5 Å². The fraction of sp³-hybridized carbons (Fsp3) is 0.850. The molecule has 2 saturated heterocycles. The summed E-state index contributed by atoms with van der Waals surface area (Å²) in [6, 6.07) is -0.550. The van der Waals surface area contributed by atoms with Crippen molar-refractivity contribution in [1.29, 1.82) is 0 Å². The lowest BCUT2D eigenvalue weighted by Crippen LogP contribution is -2.48. The van der Waals surface area contributed by atoms with E-state index in [2.05, 4.69) is 19.2 Å². The van der Waals surface area contributed by atoms with Crippen LogP contribution in [0.15, 0.2) is 0 Å². The monoisotopic (exact) mass is 380 g/mol. The minimum Gasteiger partial charge on any atom is -0.340 e. The molecule has 2 aliphatic rings. The maximum atomic E-state index is 13.2. The molecule has 7 nitrogen and oxygen atoms in total. The first kappa shape index (κ1) is 21.7. The topological polar surface area (TPSA) is 73.0 Å². The summed E-state index contributed by atoms with van der Waals surface area (Å²) in [5, 5.41) is 3.31. The largest absolute Gasteiger partial charge is 0.340 e. The number of carbonyl (C=O) groups excluding carboxylic acids is 3. The predicted octanol–water partition coefficient (Wildman–Crippen LogP) is 0.938. The minimum absolute atomic E-state index is 0.0258. The van der Waals surface area contributed by atoms with Gasteiger partial charge in [0.15, 0.2) is 0 Å². The van der Waals surface area contributed by atoms with Crippen molar-refractivity contribution >= 4 is 17.7 Å². The van der Waals surface area contributed by atoms with Crippen LogP contribution in [0.2, 0.25) is 0 Å². The van der Waals surface area contributed by atoms with Crippen LogP contribution < -0.4 is 5.32 Å². The van der Waals surface area contributed by atoms with Crippen LogP contribution >= 0.6 is 0 Å². The lowest BCUT2D eigenvalue weighted by atomic mass is 10.0. The van der Waals surface area contributed by atoms with Gasteiger partial charge in [0.2, 0.25) is 17.7 Å². The Hall–Kier alpha value is -1.63. The van der Waals surface area contributed by atoms with Crippen molar-refractivity contribution in [1.82, 2.24) is 20.0 Å². The molecule has 0 bridgehead atoms. The van der Waals surface area contributed by atoms with Crippen LogP contribution in [0.1, 0.15) is 47.5 Å². The Morgan fingerprint density at radius 2 is 1.81 bits per heavy atom. The van der Waals surface area contributed by atoms with Crippen molar-refractivity contribution in [2.24, 2.45) is 11.8 Å². The van der Waals surface area contributed by atoms with Crippen LogP contribution in [0.25, 0.3) is 0 Å². The molecular formula is C20H36N4O3. The fourth-order valence-electron chi connectivity index (χ4n) is 4.04. The number of rotatable bonds is 5. The van der Waals surface area contributed by atoms with E-state index in [1.165, 1.54) is 6.92 Å². The van der Waals surface area contributed by atoms with E-state index in [-0.39, 0.29) is 29.7 Å². The summed E-state index contributed by atoms with van der Waals surface area (Å²) in [6.07, 6.45) is 1.46. The van der Waals surface area contributed by atoms with Crippen molar-refractivity contribution in [2.75, 3.05) is 39.3 Å². The molecule has 0 spiro atoms. The highest BCUT2D eigenvalue weighted by Gasteiger charge is 2.43. The van der Waals surface area contributed by atoms with E-state index >= 15 is 0 Å². The number of hydrogen-bond acceptors (Lipinski definition) is 4. The molecule has 7 heteroatoms. The van der Waals surface area contributed by atoms with Gasteiger partial charge in [-0.1, -0.05) is 27.7 Å². The lowest BCUT2D eigenvalue weighted by molar-refractivity contribution is -0.142. The molecule has 154 valence electrons. The first-order valence-corrected chi connectivity index (χ1v) is 10.3. The molecule has 1 N–H and O–H groups in total. The lowest BCUT2D eigenvalue weighted by Gasteiger charge is -2.32. The fourth-order valence-corrected chi connectivity index (χ4v) is 4.04. The molecule has 0 aliphatic carbocycles. The number of hydrogen-bond donors (Lipinski definition) is 1. The zero-order chi connectivity index (χ0) is 20.1. The Balaban J connectivity index is 2.19. The summed E-state index contributed by atoms with van der Waals surface area (Å²) in [5.41, 5.74) is 0. The summed E-state index contributed by atoms with van der Waals surface area (Å²) < 4.78 is 0. The van der Waals surface area contributed by atoms with E-state index in [1.54, 1.807) is 4.90 Å². The van der Waals surface area contributed by atoms with Gasteiger partial charge in [0.05, 0.1) is 6.04 Å². The van der Waals surface area contributed by atoms with E-state index in [4.69, 9.17) is 0 Å². The van der Waals surface area contributed by atoms with Gasteiger partial charge >= 0.3 is 0 Å². The molecule has 2 unspecified atom stereocenters. The molecule has 0 aromatic carbocycles. The first-order chi connectivity index (χ1) is 12.7. The van der Waals surface area contributed by atoms with Gasteiger partial charge in [-0.3, -0.25) is 14.4 Å². The van der Waals surface area contributed by atoms with E-state index in [1.807, 2.05) is 23.6 Å². The molecule has 0 aromatic rings. The molecule has 27 heavy (non-hydrogen) atoms. The standard InChI is InChI=1S/C20H36N4O3/c1-14(2)12-24(19(26)15(3)4)17-11-18(23(13-17)16(5)25)20(27)22-9-6-7-21-8-10-22/h14-15,17-18,21H,6-13H2,1-5H3. The SMILES string of the molecule is CC(=O)N1CC(N(CC(C)C)C(=O)C(C)C)CC1C(=O)N1CCCNCC1. The normalized spacial score (nSPS) is 23.7. The predicted molar refractivity (Wildman–Crippen MR) is 105 cm³/mol. The van der Waals surface area contributed by atoms with Gasteiger partial charge in [-0.15, -0.1) is 0 Å². The Morgan fingerprint density at radius 3 is 2.41 bits per heavy atom. The van der Waals surface area contributed by atoms with Crippen LogP contribution in [0, 0.1) is 11.8 Å². The maximum Gasteiger partial charge on any atom is 0.245 e. The second-order valence-electron chi connectivity index (χ2n) is 8.54. The Bertz CT molecular complexity index is 541. The quantitative estimate of drug-likeness (QED) is 0.770. The summed E-state index contributed by atoms with van der Waals surface area (Å²) in [7, 11) is 0. The van der Waals surface area contributed by atoms with Gasteiger partial charge in [-0.05, 0) is 25.3 Å². The highest BCUT2D eigenvalue weighted by atomic mass is 16.2. The molecule has 2 aliphatic heterocycles. The van der Waals surface area contributed by atoms with Gasteiger partial charge in [0.25, 0.3) is 0 Å². The molecule has 2 atom stereocenters. The third-order valence-corrected chi connectivity index (χ3v) is 5.40. The summed E-state index contributed by atoms with van der Waals surface area (Å²) in [5.74, 6) is 0.276. The Morgan fingerprint density at radius 1 is 1.11 bits per heavy atom. The summed E-state index contributed by atoms with van der Waals surface area (Å²) in [6.45, 7) is 13.7. The molecule has 0 radical (unpaired) electrons. The average molecular weight is 381 g/mol. The van der Waals surface area contributed by atoms with E-state index < -0.39 is 6.04 Å². The van der Waals surface area contributed by atoms with Gasteiger partial charge in [0.1, 0.15) is 6.04 Å². The highest BCUT2D eigenvalue weighted by molar-refractivity contribution is 5.88. The molecule has 2 fully saturated rings. The second kappa shape index (κ2) is 9.53. The third-order valence-electron chi connectivity index (χ3n) is 5.40. The minimum atomic E-state index is -0.458. The van der Waals surface area contributed by atoms with Crippen LogP contribution in [-0.2, 0) is 14.4 Å². The smallest absolute Gasteiger partial charge is 0.245 e. The second-order valence-corrected chi connectivity index (χ2v) is 8.54. The van der Waals surface area contributed by atoms with E-state index in [0.29, 0.717) is 32.0 Å². The zero-order valence-corrected chi connectivity index (χ0v) is 17.5. The highest BCUT2D eigenvalue weighted by Crippen LogP contribution is 2.26. The molecule has 3 amide bonds. The van der Waals surface area contributed by atoms with Crippen molar-refractivity contribution in [3.05, 3.63) is 0 Å². The van der Waals surface area contributed by atoms with Crippen molar-refractivity contribution in [3.63, 3.8) is 0 Å². The molecule has 0 saturated carbocycles. The Labute approximate surface area is 163 Å². The van der Waals surface area contributed by atoms with Crippen molar-refractivity contribution in [3.8, 4) is 0 Å². The molecule has 0 aromatic heterocycles. The molecule has 2 heterocycles. The summed E-state index contributed by atoms with van der Waals surface area (Å²) in [4.78, 5) is 43.6. The number of amides is 3. The van der Waals surface area contributed by atoms with Crippen LogP contribution in [0.4, 0.5) is 0 Å². The van der Waals surface area contributed by atoms with Gasteiger partial charge in [-0.25, -0.2) is 0 Å². The number of nitrogens with one attached hydrogen (secondary N) is 1. The number of likely N-dealkylation sites (tertiary alicyclic amines) is 1. The van der Waals surface area contributed by atoms with Crippen LogP contribution in [0.3, 0.4) is 0 Å². The van der Waals surface area contributed by atoms with Crippen LogP contribution in [0.5, 0.6) is 0 Å². The third kappa shape index (κ3) is 5.43. The first-order valence-electron chi connectivity index (χ1n) is 10.3. The van der Waals surface area contributed by atoms with E-state index in [9.17, 15) is 14.4 Å². The number of nitrogens with zero attached hydrogens (tertiary/aromatic N) is 3. The average Bonchev–Trinajstić information content (AvgIpc) is 2.86.